The first-order valence-corrected chi connectivity index (χ1v) is 13.7. The highest BCUT2D eigenvalue weighted by molar-refractivity contribution is 5.91. The molecule has 0 radical (unpaired) electrons. The molecule has 9 heteroatoms. The molecule has 2 heterocycles. The third-order valence-corrected chi connectivity index (χ3v) is 7.69. The molecule has 2 fully saturated rings. The number of amides is 4. The molecule has 0 saturated carbocycles. The number of rotatable bonds is 9. The zero-order valence-electron chi connectivity index (χ0n) is 23.1. The van der Waals surface area contributed by atoms with E-state index in [9.17, 15) is 19.5 Å². The summed E-state index contributed by atoms with van der Waals surface area (Å²) in [6, 6.07) is 23.1. The largest absolute Gasteiger partial charge is 0.508 e. The number of phenolic OH excluding ortho intramolecular Hbond substituents is 1. The van der Waals surface area contributed by atoms with Gasteiger partial charge in [-0.25, -0.2) is 4.79 Å². The van der Waals surface area contributed by atoms with Crippen LogP contribution in [0, 0.1) is 6.92 Å². The summed E-state index contributed by atoms with van der Waals surface area (Å²) in [6.07, 6.45) is 1.39. The molecule has 3 aromatic rings. The van der Waals surface area contributed by atoms with Gasteiger partial charge in [0.25, 0.3) is 0 Å². The monoisotopic (exact) mass is 553 g/mol. The molecule has 2 aliphatic heterocycles. The van der Waals surface area contributed by atoms with Gasteiger partial charge in [0.1, 0.15) is 18.0 Å². The molecule has 5 rings (SSSR count). The zero-order chi connectivity index (χ0) is 28.9. The van der Waals surface area contributed by atoms with Gasteiger partial charge in [0.2, 0.25) is 11.8 Å². The minimum absolute atomic E-state index is 0.0329. The summed E-state index contributed by atoms with van der Waals surface area (Å²) in [5.74, 6) is -0.225. The molecule has 0 aromatic heterocycles. The summed E-state index contributed by atoms with van der Waals surface area (Å²) in [7, 11) is 0. The summed E-state index contributed by atoms with van der Waals surface area (Å²) < 4.78 is 0. The third-order valence-electron chi connectivity index (χ3n) is 7.69. The maximum Gasteiger partial charge on any atom is 0.332 e. The number of carbonyl (C=O) groups is 3. The number of aryl methyl sites for hydroxylation is 1. The molecule has 2 aliphatic rings. The van der Waals surface area contributed by atoms with Crippen LogP contribution >= 0.6 is 0 Å². The Hall–Kier alpha value is -4.63. The molecule has 0 aliphatic carbocycles. The Morgan fingerprint density at radius 1 is 1.02 bits per heavy atom. The molecule has 4 amide bonds. The van der Waals surface area contributed by atoms with E-state index in [0.29, 0.717) is 19.5 Å². The normalized spacial score (nSPS) is 18.8. The van der Waals surface area contributed by atoms with Gasteiger partial charge in [-0.3, -0.25) is 14.6 Å². The molecule has 2 atom stereocenters. The maximum atomic E-state index is 14.0. The molecule has 41 heavy (non-hydrogen) atoms. The lowest BCUT2D eigenvalue weighted by Crippen LogP contribution is -2.66. The average molecular weight is 554 g/mol. The summed E-state index contributed by atoms with van der Waals surface area (Å²) >= 11 is 0. The van der Waals surface area contributed by atoms with Gasteiger partial charge >= 0.3 is 6.03 Å². The van der Waals surface area contributed by atoms with E-state index in [1.165, 1.54) is 5.01 Å². The predicted molar refractivity (Wildman–Crippen MR) is 155 cm³/mol. The number of carbonyl (C=O) groups excluding carboxylic acids is 3. The third kappa shape index (κ3) is 6.10. The van der Waals surface area contributed by atoms with E-state index in [-0.39, 0.29) is 43.2 Å². The highest BCUT2D eigenvalue weighted by atomic mass is 16.3. The van der Waals surface area contributed by atoms with Gasteiger partial charge in [-0.1, -0.05) is 72.8 Å². The summed E-state index contributed by atoms with van der Waals surface area (Å²) in [5.41, 5.74) is 3.88. The van der Waals surface area contributed by atoms with Crippen molar-refractivity contribution in [2.75, 3.05) is 19.6 Å². The van der Waals surface area contributed by atoms with Crippen molar-refractivity contribution in [2.45, 2.75) is 38.6 Å². The van der Waals surface area contributed by atoms with Crippen LogP contribution in [0.4, 0.5) is 4.79 Å². The molecule has 2 N–H and O–H groups in total. The Kier molecular flexibility index (Phi) is 8.35. The van der Waals surface area contributed by atoms with Crippen LogP contribution in [0.3, 0.4) is 0 Å². The number of hydrogen-bond acceptors (Lipinski definition) is 5. The van der Waals surface area contributed by atoms with E-state index in [4.69, 9.17) is 0 Å². The first-order valence-electron chi connectivity index (χ1n) is 13.7. The topological polar surface area (TPSA) is 96.4 Å². The quantitative estimate of drug-likeness (QED) is 0.396. The van der Waals surface area contributed by atoms with Crippen molar-refractivity contribution in [3.8, 4) is 5.75 Å². The Balaban J connectivity index is 1.44. The molecule has 2 saturated heterocycles. The number of nitrogens with zero attached hydrogens (tertiary/aromatic N) is 4. The van der Waals surface area contributed by atoms with E-state index in [2.05, 4.69) is 11.9 Å². The van der Waals surface area contributed by atoms with Crippen LogP contribution in [0.2, 0.25) is 0 Å². The minimum Gasteiger partial charge on any atom is -0.508 e. The number of urea groups is 1. The fourth-order valence-corrected chi connectivity index (χ4v) is 5.53. The zero-order valence-corrected chi connectivity index (χ0v) is 23.1. The number of phenols is 1. The number of nitrogens with one attached hydrogen (secondary N) is 1. The highest BCUT2D eigenvalue weighted by Gasteiger charge is 2.52. The van der Waals surface area contributed by atoms with Crippen LogP contribution in [0.15, 0.2) is 91.5 Å². The number of hydrazine groups is 1. The second-order valence-corrected chi connectivity index (χ2v) is 10.4. The highest BCUT2D eigenvalue weighted by Crippen LogP contribution is 2.30. The van der Waals surface area contributed by atoms with Gasteiger partial charge in [-0.15, -0.1) is 6.58 Å². The molecule has 9 nitrogen and oxygen atoms in total. The van der Waals surface area contributed by atoms with E-state index in [1.54, 1.807) is 45.2 Å². The fourth-order valence-electron chi connectivity index (χ4n) is 5.53. The Bertz CT molecular complexity index is 1410. The lowest BCUT2D eigenvalue weighted by Gasteiger charge is -2.46. The summed E-state index contributed by atoms with van der Waals surface area (Å²) in [5, 5.41) is 16.0. The van der Waals surface area contributed by atoms with E-state index >= 15 is 0 Å². The van der Waals surface area contributed by atoms with Gasteiger partial charge in [0, 0.05) is 19.5 Å². The van der Waals surface area contributed by atoms with Crippen LogP contribution in [0.1, 0.15) is 22.3 Å². The lowest BCUT2D eigenvalue weighted by molar-refractivity contribution is -0.157. The molecule has 212 valence electrons. The standard InChI is InChI=1S/C32H35N5O4/c1-3-17-35(32(41)33-19-25-10-5-4-6-11-25)36-22-30(39)37-28(18-24-13-15-27(38)16-14-24)31(40)34(21-29(36)37)20-26-12-8-7-9-23(26)2/h3-16,28-29,38H,1,17-22H2,2H3,(H,33,41)/t28-,29+/m0/s1. The maximum absolute atomic E-state index is 14.0. The van der Waals surface area contributed by atoms with Gasteiger partial charge in [0.05, 0.1) is 19.6 Å². The molecule has 0 unspecified atom stereocenters. The van der Waals surface area contributed by atoms with Crippen LogP contribution < -0.4 is 5.32 Å². The van der Waals surface area contributed by atoms with Gasteiger partial charge in [-0.05, 0) is 41.3 Å². The molecule has 3 aromatic carbocycles. The predicted octanol–water partition coefficient (Wildman–Crippen LogP) is 3.44. The summed E-state index contributed by atoms with van der Waals surface area (Å²) in [4.78, 5) is 44.4. The van der Waals surface area contributed by atoms with Crippen molar-refractivity contribution < 1.29 is 19.5 Å². The second-order valence-electron chi connectivity index (χ2n) is 10.4. The van der Waals surface area contributed by atoms with Crippen molar-refractivity contribution in [3.05, 3.63) is 114 Å². The fraction of sp³-hybridized carbons (Fsp3) is 0.281. The number of aromatic hydroxyl groups is 1. The van der Waals surface area contributed by atoms with Crippen LogP contribution in [-0.4, -0.2) is 74.6 Å². The van der Waals surface area contributed by atoms with Crippen molar-refractivity contribution in [2.24, 2.45) is 0 Å². The molecule has 0 spiro atoms. The van der Waals surface area contributed by atoms with Crippen LogP contribution in [-0.2, 0) is 29.1 Å². The van der Waals surface area contributed by atoms with E-state index in [1.807, 2.05) is 61.5 Å². The van der Waals surface area contributed by atoms with E-state index < -0.39 is 12.2 Å². The molecule has 0 bridgehead atoms. The smallest absolute Gasteiger partial charge is 0.332 e. The summed E-state index contributed by atoms with van der Waals surface area (Å²) in [6.45, 7) is 7.00. The molecular weight excluding hydrogens is 518 g/mol. The Labute approximate surface area is 240 Å². The lowest BCUT2D eigenvalue weighted by atomic mass is 9.99. The SMILES string of the molecule is C=CCN(C(=O)NCc1ccccc1)N1CC(=O)N2[C@@H](Cc3ccc(O)cc3)C(=O)N(Cc3ccccc3C)C[C@@H]21. The van der Waals surface area contributed by atoms with Crippen molar-refractivity contribution >= 4 is 17.8 Å². The average Bonchev–Trinajstić information content (AvgIpc) is 3.30. The van der Waals surface area contributed by atoms with Crippen LogP contribution in [0.5, 0.6) is 5.75 Å². The van der Waals surface area contributed by atoms with Crippen LogP contribution in [0.25, 0.3) is 0 Å². The van der Waals surface area contributed by atoms with Gasteiger partial charge < -0.3 is 20.2 Å². The van der Waals surface area contributed by atoms with Gasteiger partial charge in [0.15, 0.2) is 0 Å². The minimum atomic E-state index is -0.752. The van der Waals surface area contributed by atoms with Crippen molar-refractivity contribution in [1.29, 1.82) is 0 Å². The van der Waals surface area contributed by atoms with Crippen molar-refractivity contribution in [3.63, 3.8) is 0 Å². The molecular formula is C32H35N5O4. The Morgan fingerprint density at radius 3 is 2.44 bits per heavy atom. The van der Waals surface area contributed by atoms with E-state index in [0.717, 1.165) is 22.3 Å². The van der Waals surface area contributed by atoms with Gasteiger partial charge in [-0.2, -0.15) is 5.01 Å². The van der Waals surface area contributed by atoms with Crippen molar-refractivity contribution in [1.82, 2.24) is 25.1 Å². The first kappa shape index (κ1) is 27.9. The first-order chi connectivity index (χ1) is 19.9. The number of hydrogen-bond donors (Lipinski definition) is 2. The number of fused-ring (bicyclic) bond motifs is 1. The Morgan fingerprint density at radius 2 is 1.73 bits per heavy atom. The second kappa shape index (κ2) is 12.3. The number of benzene rings is 3. The number of piperazine rings is 1.